The van der Waals surface area contributed by atoms with Gasteiger partial charge in [-0.1, -0.05) is 0 Å². The minimum absolute atomic E-state index is 0.0191. The van der Waals surface area contributed by atoms with Crippen LogP contribution in [0.25, 0.3) is 0 Å². The summed E-state index contributed by atoms with van der Waals surface area (Å²) in [5.41, 5.74) is 0. The highest BCUT2D eigenvalue weighted by Gasteiger charge is 2.59. The molecule has 0 amide bonds. The molecule has 0 bridgehead atoms. The summed E-state index contributed by atoms with van der Waals surface area (Å²) in [6.45, 7) is 3.77. The molecule has 0 N–H and O–H groups in total. The van der Waals surface area contributed by atoms with E-state index in [0.717, 1.165) is 0 Å². The molecule has 0 aliphatic carbocycles. The first-order valence-electron chi connectivity index (χ1n) is 4.72. The van der Waals surface area contributed by atoms with Gasteiger partial charge < -0.3 is 18.9 Å². The second kappa shape index (κ2) is 2.55. The maximum atomic E-state index is 11.3. The Morgan fingerprint density at radius 1 is 1.29 bits per heavy atom. The molecule has 0 spiro atoms. The molecule has 3 aliphatic rings. The third-order valence-electron chi connectivity index (χ3n) is 2.73. The Bertz CT molecular complexity index is 287. The number of ether oxygens (including phenoxy) is 4. The van der Waals surface area contributed by atoms with Gasteiger partial charge in [-0.25, -0.2) is 0 Å². The van der Waals surface area contributed by atoms with Crippen molar-refractivity contribution < 1.29 is 23.7 Å². The second-order valence-corrected chi connectivity index (χ2v) is 4.27. The summed E-state index contributed by atoms with van der Waals surface area (Å²) >= 11 is 0. The zero-order valence-electron chi connectivity index (χ0n) is 8.06. The van der Waals surface area contributed by atoms with E-state index in [9.17, 15) is 4.79 Å². The first kappa shape index (κ1) is 8.79. The van der Waals surface area contributed by atoms with Crippen LogP contribution in [0, 0.1) is 0 Å². The van der Waals surface area contributed by atoms with E-state index in [0.29, 0.717) is 0 Å². The topological polar surface area (TPSA) is 54.0 Å². The molecule has 4 atom stereocenters. The summed E-state index contributed by atoms with van der Waals surface area (Å²) in [6, 6.07) is 0. The van der Waals surface area contributed by atoms with Crippen molar-refractivity contribution in [2.75, 3.05) is 6.61 Å². The zero-order valence-corrected chi connectivity index (χ0v) is 8.06. The van der Waals surface area contributed by atoms with E-state index in [-0.39, 0.29) is 24.6 Å². The van der Waals surface area contributed by atoms with Gasteiger partial charge in [0.05, 0.1) is 0 Å². The fourth-order valence-corrected chi connectivity index (χ4v) is 2.18. The van der Waals surface area contributed by atoms with E-state index in [1.807, 2.05) is 13.8 Å². The molecule has 0 aromatic rings. The quantitative estimate of drug-likeness (QED) is 0.543. The Morgan fingerprint density at radius 3 is 2.86 bits per heavy atom. The number of fused-ring (bicyclic) bond motifs is 3. The van der Waals surface area contributed by atoms with E-state index in [4.69, 9.17) is 18.9 Å². The summed E-state index contributed by atoms with van der Waals surface area (Å²) < 4.78 is 21.8. The molecular formula is C9H12O5. The number of hydrogen-bond donors (Lipinski definition) is 0. The number of rotatable bonds is 0. The SMILES string of the molecule is CC1(C)O[C@H]2O[C@@H]3C(=O)CO[C@@H]3[C@H]2O1. The number of hydrogen-bond acceptors (Lipinski definition) is 5. The molecule has 0 aromatic heterocycles. The van der Waals surface area contributed by atoms with Crippen LogP contribution < -0.4 is 0 Å². The summed E-state index contributed by atoms with van der Waals surface area (Å²) in [7, 11) is 0. The Balaban J connectivity index is 1.83. The average Bonchev–Trinajstić information content (AvgIpc) is 2.63. The third kappa shape index (κ3) is 1.07. The molecule has 78 valence electrons. The molecule has 0 unspecified atom stereocenters. The smallest absolute Gasteiger partial charge is 0.190 e. The first-order chi connectivity index (χ1) is 6.57. The van der Waals surface area contributed by atoms with Gasteiger partial charge in [0.2, 0.25) is 0 Å². The van der Waals surface area contributed by atoms with E-state index in [1.54, 1.807) is 0 Å². The molecule has 3 saturated heterocycles. The van der Waals surface area contributed by atoms with Crippen molar-refractivity contribution >= 4 is 5.78 Å². The lowest BCUT2D eigenvalue weighted by Gasteiger charge is -2.20. The molecule has 5 heteroatoms. The van der Waals surface area contributed by atoms with Crippen LogP contribution in [0.3, 0.4) is 0 Å². The molecule has 3 aliphatic heterocycles. The molecule has 0 saturated carbocycles. The van der Waals surface area contributed by atoms with E-state index < -0.39 is 18.2 Å². The van der Waals surface area contributed by atoms with Crippen molar-refractivity contribution in [2.24, 2.45) is 0 Å². The Kier molecular flexibility index (Phi) is 1.60. The molecule has 3 heterocycles. The fraction of sp³-hybridized carbons (Fsp3) is 0.889. The Labute approximate surface area is 81.3 Å². The van der Waals surface area contributed by atoms with Gasteiger partial charge in [-0.05, 0) is 13.8 Å². The number of carbonyl (C=O) groups excluding carboxylic acids is 1. The van der Waals surface area contributed by atoms with Gasteiger partial charge in [0, 0.05) is 0 Å². The highest BCUT2D eigenvalue weighted by molar-refractivity contribution is 5.87. The molecular weight excluding hydrogens is 188 g/mol. The summed E-state index contributed by atoms with van der Waals surface area (Å²) in [6.07, 6.45) is -1.49. The summed E-state index contributed by atoms with van der Waals surface area (Å²) in [4.78, 5) is 11.3. The standard InChI is InChI=1S/C9H12O5/c1-9(2)13-7-6-5(4(10)3-11-6)12-8(7)14-9/h5-8H,3H2,1-2H3/t5-,6+,7-,8-/m1/s1. The minimum atomic E-state index is -0.644. The predicted octanol–water partition coefficient (Wildman–Crippen LogP) is -0.169. The molecule has 0 aromatic carbocycles. The average molecular weight is 200 g/mol. The molecule has 3 fully saturated rings. The number of carbonyl (C=O) groups is 1. The summed E-state index contributed by atoms with van der Waals surface area (Å²) in [5, 5.41) is 0. The van der Waals surface area contributed by atoms with Gasteiger partial charge in [-0.2, -0.15) is 0 Å². The lowest BCUT2D eigenvalue weighted by atomic mass is 10.1. The Morgan fingerprint density at radius 2 is 2.07 bits per heavy atom. The molecule has 0 radical (unpaired) electrons. The second-order valence-electron chi connectivity index (χ2n) is 4.27. The van der Waals surface area contributed by atoms with Crippen molar-refractivity contribution in [3.05, 3.63) is 0 Å². The lowest BCUT2D eigenvalue weighted by molar-refractivity contribution is -0.209. The van der Waals surface area contributed by atoms with Crippen molar-refractivity contribution in [1.82, 2.24) is 0 Å². The number of Topliss-reactive ketones (excluding diaryl/α,β-unsaturated/α-hetero) is 1. The van der Waals surface area contributed by atoms with E-state index >= 15 is 0 Å². The van der Waals surface area contributed by atoms with Crippen molar-refractivity contribution in [3.8, 4) is 0 Å². The van der Waals surface area contributed by atoms with Crippen LogP contribution in [0.1, 0.15) is 13.8 Å². The first-order valence-corrected chi connectivity index (χ1v) is 4.72. The van der Waals surface area contributed by atoms with Gasteiger partial charge in [0.1, 0.15) is 18.8 Å². The third-order valence-corrected chi connectivity index (χ3v) is 2.73. The van der Waals surface area contributed by atoms with Gasteiger partial charge in [0.25, 0.3) is 0 Å². The van der Waals surface area contributed by atoms with Crippen LogP contribution >= 0.6 is 0 Å². The predicted molar refractivity (Wildman–Crippen MR) is 43.4 cm³/mol. The normalized spacial score (nSPS) is 49.4. The number of ketones is 1. The Hall–Kier alpha value is -0.490. The van der Waals surface area contributed by atoms with Gasteiger partial charge in [-0.3, -0.25) is 4.79 Å². The van der Waals surface area contributed by atoms with Gasteiger partial charge in [0.15, 0.2) is 24.0 Å². The lowest BCUT2D eigenvalue weighted by Crippen LogP contribution is -2.33. The van der Waals surface area contributed by atoms with E-state index in [2.05, 4.69) is 0 Å². The van der Waals surface area contributed by atoms with Crippen LogP contribution in [-0.2, 0) is 23.7 Å². The maximum absolute atomic E-state index is 11.3. The molecule has 5 nitrogen and oxygen atoms in total. The monoisotopic (exact) mass is 200 g/mol. The largest absolute Gasteiger partial charge is 0.364 e. The highest BCUT2D eigenvalue weighted by Crippen LogP contribution is 2.40. The minimum Gasteiger partial charge on any atom is -0.364 e. The van der Waals surface area contributed by atoms with Gasteiger partial charge in [-0.15, -0.1) is 0 Å². The van der Waals surface area contributed by atoms with Crippen LogP contribution in [0.5, 0.6) is 0 Å². The molecule has 14 heavy (non-hydrogen) atoms. The highest BCUT2D eigenvalue weighted by atomic mass is 16.8. The summed E-state index contributed by atoms with van der Waals surface area (Å²) in [5.74, 6) is -0.663. The van der Waals surface area contributed by atoms with Crippen LogP contribution in [-0.4, -0.2) is 42.8 Å². The van der Waals surface area contributed by atoms with Gasteiger partial charge >= 0.3 is 0 Å². The van der Waals surface area contributed by atoms with Crippen molar-refractivity contribution in [3.63, 3.8) is 0 Å². The van der Waals surface area contributed by atoms with Crippen molar-refractivity contribution in [1.29, 1.82) is 0 Å². The zero-order chi connectivity index (χ0) is 9.92. The maximum Gasteiger partial charge on any atom is 0.190 e. The van der Waals surface area contributed by atoms with Crippen LogP contribution in [0.4, 0.5) is 0 Å². The van der Waals surface area contributed by atoms with Crippen LogP contribution in [0.15, 0.2) is 0 Å². The van der Waals surface area contributed by atoms with E-state index in [1.165, 1.54) is 0 Å². The van der Waals surface area contributed by atoms with Crippen molar-refractivity contribution in [2.45, 2.75) is 44.2 Å². The molecule has 3 rings (SSSR count). The fourth-order valence-electron chi connectivity index (χ4n) is 2.18. The van der Waals surface area contributed by atoms with Crippen LogP contribution in [0.2, 0.25) is 0 Å².